The lowest BCUT2D eigenvalue weighted by Crippen LogP contribution is -2.16. The third-order valence-electron chi connectivity index (χ3n) is 12.9. The summed E-state index contributed by atoms with van der Waals surface area (Å²) in [6.07, 6.45) is 0. The van der Waals surface area contributed by atoms with Crippen molar-refractivity contribution in [1.82, 2.24) is 0 Å². The van der Waals surface area contributed by atoms with Gasteiger partial charge >= 0.3 is 0 Å². The highest BCUT2D eigenvalue weighted by Crippen LogP contribution is 2.52. The Labute approximate surface area is 364 Å². The van der Waals surface area contributed by atoms with Gasteiger partial charge in [0.1, 0.15) is 0 Å². The highest BCUT2D eigenvalue weighted by Gasteiger charge is 2.37. The summed E-state index contributed by atoms with van der Waals surface area (Å²) in [5, 5.41) is 2.51. The minimum atomic E-state index is -0.0924. The van der Waals surface area contributed by atoms with Crippen molar-refractivity contribution in [3.63, 3.8) is 0 Å². The first-order chi connectivity index (χ1) is 30.5. The molecule has 0 radical (unpaired) electrons. The second-order valence-corrected chi connectivity index (χ2v) is 16.9. The van der Waals surface area contributed by atoms with Crippen molar-refractivity contribution in [1.29, 1.82) is 0 Å². The molecule has 1 heteroatoms. The van der Waals surface area contributed by atoms with Gasteiger partial charge in [-0.25, -0.2) is 0 Å². The van der Waals surface area contributed by atoms with E-state index in [0.717, 1.165) is 17.1 Å². The van der Waals surface area contributed by atoms with Crippen molar-refractivity contribution in [3.8, 4) is 66.8 Å². The molecule has 0 atom stereocenters. The predicted molar refractivity (Wildman–Crippen MR) is 263 cm³/mol. The van der Waals surface area contributed by atoms with Gasteiger partial charge in [0.2, 0.25) is 0 Å². The maximum atomic E-state index is 2.38. The topological polar surface area (TPSA) is 3.24 Å². The molecular weight excluding hydrogens is 747 g/mol. The van der Waals surface area contributed by atoms with Crippen LogP contribution >= 0.6 is 0 Å². The molecule has 11 rings (SSSR count). The van der Waals surface area contributed by atoms with Gasteiger partial charge in [0.15, 0.2) is 0 Å². The number of anilines is 3. The van der Waals surface area contributed by atoms with E-state index in [1.807, 2.05) is 0 Å². The fourth-order valence-electron chi connectivity index (χ4n) is 9.77. The average Bonchev–Trinajstić information content (AvgIpc) is 3.58. The second-order valence-electron chi connectivity index (χ2n) is 16.9. The maximum Gasteiger partial charge on any atom is 0.0462 e. The molecule has 0 spiro atoms. The molecule has 0 aromatic heterocycles. The number of hydrogen-bond acceptors (Lipinski definition) is 1. The Morgan fingerprint density at radius 1 is 0.274 bits per heavy atom. The molecule has 0 saturated carbocycles. The third-order valence-corrected chi connectivity index (χ3v) is 12.9. The SMILES string of the molecule is CC1(C)c2ccccc2-c2cccc(-c3ccc(N(c4ccc(-c5cccc(-c6ccc7ccccc7c6)c5)cc4)c4ccc(-c5ccccc5-c5ccccc5)cc4)cc3)c21. The van der Waals surface area contributed by atoms with Crippen LogP contribution in [0.3, 0.4) is 0 Å². The lowest BCUT2D eigenvalue weighted by Gasteiger charge is -2.27. The van der Waals surface area contributed by atoms with E-state index >= 15 is 0 Å². The van der Waals surface area contributed by atoms with Crippen molar-refractivity contribution < 1.29 is 0 Å². The summed E-state index contributed by atoms with van der Waals surface area (Å²) in [7, 11) is 0. The third kappa shape index (κ3) is 6.60. The summed E-state index contributed by atoms with van der Waals surface area (Å²) in [5.74, 6) is 0. The van der Waals surface area contributed by atoms with Gasteiger partial charge in [0.25, 0.3) is 0 Å². The minimum Gasteiger partial charge on any atom is -0.311 e. The van der Waals surface area contributed by atoms with E-state index in [2.05, 4.69) is 255 Å². The number of nitrogens with zero attached hydrogens (tertiary/aromatic N) is 1. The monoisotopic (exact) mass is 791 g/mol. The van der Waals surface area contributed by atoms with Gasteiger partial charge in [-0.15, -0.1) is 0 Å². The summed E-state index contributed by atoms with van der Waals surface area (Å²) in [4.78, 5) is 2.38. The Morgan fingerprint density at radius 2 is 0.694 bits per heavy atom. The van der Waals surface area contributed by atoms with E-state index in [9.17, 15) is 0 Å². The highest BCUT2D eigenvalue weighted by atomic mass is 15.1. The lowest BCUT2D eigenvalue weighted by molar-refractivity contribution is 0.662. The first-order valence-corrected chi connectivity index (χ1v) is 21.6. The summed E-state index contributed by atoms with van der Waals surface area (Å²) in [5.41, 5.74) is 20.9. The van der Waals surface area contributed by atoms with Crippen molar-refractivity contribution in [2.45, 2.75) is 19.3 Å². The van der Waals surface area contributed by atoms with Gasteiger partial charge in [-0.2, -0.15) is 0 Å². The first kappa shape index (κ1) is 37.3. The molecule has 62 heavy (non-hydrogen) atoms. The molecule has 10 aromatic carbocycles. The first-order valence-electron chi connectivity index (χ1n) is 21.6. The van der Waals surface area contributed by atoms with Gasteiger partial charge < -0.3 is 4.90 Å². The summed E-state index contributed by atoms with van der Waals surface area (Å²) < 4.78 is 0. The van der Waals surface area contributed by atoms with Crippen molar-refractivity contribution in [3.05, 3.63) is 248 Å². The summed E-state index contributed by atoms with van der Waals surface area (Å²) in [6, 6.07) is 86.4. The maximum absolute atomic E-state index is 2.38. The minimum absolute atomic E-state index is 0.0924. The van der Waals surface area contributed by atoms with E-state index in [1.165, 1.54) is 88.7 Å². The number of hydrogen-bond donors (Lipinski definition) is 0. The van der Waals surface area contributed by atoms with Crippen LogP contribution in [0.15, 0.2) is 237 Å². The Kier molecular flexibility index (Phi) is 9.24. The molecule has 0 fully saturated rings. The summed E-state index contributed by atoms with van der Waals surface area (Å²) >= 11 is 0. The van der Waals surface area contributed by atoms with Crippen LogP contribution in [0.4, 0.5) is 17.1 Å². The van der Waals surface area contributed by atoms with E-state index < -0.39 is 0 Å². The lowest BCUT2D eigenvalue weighted by atomic mass is 9.79. The van der Waals surface area contributed by atoms with Crippen molar-refractivity contribution in [2.75, 3.05) is 4.90 Å². The molecule has 294 valence electrons. The highest BCUT2D eigenvalue weighted by molar-refractivity contribution is 5.91. The molecule has 10 aromatic rings. The van der Waals surface area contributed by atoms with Crippen molar-refractivity contribution in [2.24, 2.45) is 0 Å². The second kappa shape index (κ2) is 15.4. The van der Waals surface area contributed by atoms with Gasteiger partial charge in [0.05, 0.1) is 0 Å². The number of rotatable bonds is 8. The molecule has 0 aliphatic heterocycles. The Bertz CT molecular complexity index is 3230. The van der Waals surface area contributed by atoms with E-state index in [4.69, 9.17) is 0 Å². The fraction of sp³-hybridized carbons (Fsp3) is 0.0492. The molecule has 1 aliphatic rings. The van der Waals surface area contributed by atoms with E-state index in [1.54, 1.807) is 0 Å². The Morgan fingerprint density at radius 3 is 1.35 bits per heavy atom. The average molecular weight is 792 g/mol. The van der Waals surface area contributed by atoms with Crippen LogP contribution in [0.5, 0.6) is 0 Å². The molecule has 0 N–H and O–H groups in total. The van der Waals surface area contributed by atoms with Crippen LogP contribution < -0.4 is 4.90 Å². The van der Waals surface area contributed by atoms with Crippen LogP contribution in [0.1, 0.15) is 25.0 Å². The molecule has 0 saturated heterocycles. The Hall–Kier alpha value is -7.74. The van der Waals surface area contributed by atoms with Crippen LogP contribution in [0.25, 0.3) is 77.5 Å². The Balaban J connectivity index is 0.967. The normalized spacial score (nSPS) is 12.5. The molecule has 0 bridgehead atoms. The number of benzene rings is 10. The van der Waals surface area contributed by atoms with Gasteiger partial charge in [-0.1, -0.05) is 202 Å². The van der Waals surface area contributed by atoms with Crippen LogP contribution in [0, 0.1) is 0 Å². The largest absolute Gasteiger partial charge is 0.311 e. The van der Waals surface area contributed by atoms with Crippen LogP contribution in [0.2, 0.25) is 0 Å². The van der Waals surface area contributed by atoms with E-state index in [0.29, 0.717) is 0 Å². The fourth-order valence-corrected chi connectivity index (χ4v) is 9.77. The van der Waals surface area contributed by atoms with Crippen LogP contribution in [-0.4, -0.2) is 0 Å². The van der Waals surface area contributed by atoms with Crippen LogP contribution in [-0.2, 0) is 5.41 Å². The van der Waals surface area contributed by atoms with Crippen molar-refractivity contribution >= 4 is 27.8 Å². The molecule has 1 nitrogen and oxygen atoms in total. The van der Waals surface area contributed by atoms with Gasteiger partial charge in [-0.3, -0.25) is 0 Å². The zero-order valence-electron chi connectivity index (χ0n) is 35.0. The zero-order chi connectivity index (χ0) is 41.6. The summed E-state index contributed by atoms with van der Waals surface area (Å²) in [6.45, 7) is 4.73. The van der Waals surface area contributed by atoms with Gasteiger partial charge in [0, 0.05) is 22.5 Å². The predicted octanol–water partition coefficient (Wildman–Crippen LogP) is 17.0. The zero-order valence-corrected chi connectivity index (χ0v) is 35.0. The van der Waals surface area contributed by atoms with Gasteiger partial charge in [-0.05, 0) is 137 Å². The standard InChI is InChI=1S/C61H45N/c1-61(2)59-25-11-10-22-57(59)58-24-13-23-56(60(58)61)46-32-38-53(39-33-46)62(52-36-30-45(31-37-52)55-21-9-8-20-54(55)44-15-4-3-5-16-44)51-34-28-43(29-35-51)48-18-12-19-49(40-48)50-27-26-42-14-6-7-17-47(42)41-50/h3-41H,1-2H3. The molecule has 0 heterocycles. The smallest absolute Gasteiger partial charge is 0.0462 e. The molecule has 1 aliphatic carbocycles. The molecule has 0 unspecified atom stereocenters. The number of fused-ring (bicyclic) bond motifs is 4. The molecule has 0 amide bonds. The molecular formula is C61H45N. The van der Waals surface area contributed by atoms with E-state index in [-0.39, 0.29) is 5.41 Å². The quantitative estimate of drug-likeness (QED) is 0.148.